The van der Waals surface area contributed by atoms with Gasteiger partial charge in [-0.3, -0.25) is 9.59 Å². The van der Waals surface area contributed by atoms with E-state index >= 15 is 0 Å². The van der Waals surface area contributed by atoms with Gasteiger partial charge >= 0.3 is 0 Å². The fourth-order valence-corrected chi connectivity index (χ4v) is 3.23. The number of aryl methyl sites for hydroxylation is 2. The number of aromatic nitrogens is 1. The van der Waals surface area contributed by atoms with E-state index in [-0.39, 0.29) is 23.8 Å². The summed E-state index contributed by atoms with van der Waals surface area (Å²) in [5.41, 5.74) is 0.923. The number of thiophene rings is 1. The van der Waals surface area contributed by atoms with Crippen molar-refractivity contribution in [2.45, 2.75) is 33.7 Å². The maximum Gasteiger partial charge on any atom is 0.261 e. The van der Waals surface area contributed by atoms with E-state index in [0.29, 0.717) is 10.0 Å². The lowest BCUT2D eigenvalue weighted by Crippen LogP contribution is -2.41. The maximum atomic E-state index is 12.2. The zero-order chi connectivity index (χ0) is 16.3. The van der Waals surface area contributed by atoms with Crippen LogP contribution >= 0.6 is 22.7 Å². The normalized spacial score (nSPS) is 13.5. The van der Waals surface area contributed by atoms with Crippen LogP contribution in [0.2, 0.25) is 0 Å². The second-order valence-corrected chi connectivity index (χ2v) is 7.33. The molecule has 118 valence electrons. The Bertz CT molecular complexity index is 645. The molecule has 0 aromatic carbocycles. The number of hydrogen-bond donors (Lipinski definition) is 2. The summed E-state index contributed by atoms with van der Waals surface area (Å²) in [7, 11) is 0. The first-order valence-corrected chi connectivity index (χ1v) is 8.67. The Labute approximate surface area is 137 Å². The third kappa shape index (κ3) is 3.92. The van der Waals surface area contributed by atoms with E-state index in [2.05, 4.69) is 15.6 Å². The maximum absolute atomic E-state index is 12.2. The molecular weight excluding hydrogens is 318 g/mol. The van der Waals surface area contributed by atoms with Crippen LogP contribution in [0.4, 0.5) is 5.13 Å². The SMILES string of the molecule is Cc1nc(NC(=O)[C@@H](C)[C@H](C)NC(=O)c2cccs2)sc1C. The van der Waals surface area contributed by atoms with Gasteiger partial charge in [-0.05, 0) is 32.2 Å². The molecule has 0 radical (unpaired) electrons. The summed E-state index contributed by atoms with van der Waals surface area (Å²) in [5.74, 6) is -0.649. The third-order valence-corrected chi connectivity index (χ3v) is 5.38. The standard InChI is InChI=1S/C15H19N3O2S2/c1-8(9(2)16-14(20)12-6-5-7-21-12)13(19)18-15-17-10(3)11(4)22-15/h5-9H,1-4H3,(H,16,20)(H,17,18,19)/t8-,9-/m0/s1. The molecule has 0 saturated carbocycles. The van der Waals surface area contributed by atoms with Crippen molar-refractivity contribution in [3.05, 3.63) is 33.0 Å². The summed E-state index contributed by atoms with van der Waals surface area (Å²) in [6.07, 6.45) is 0. The average Bonchev–Trinajstić information content (AvgIpc) is 3.09. The molecule has 2 aromatic heterocycles. The van der Waals surface area contributed by atoms with Crippen molar-refractivity contribution >= 4 is 39.6 Å². The van der Waals surface area contributed by atoms with Crippen molar-refractivity contribution < 1.29 is 9.59 Å². The Hall–Kier alpha value is -1.73. The van der Waals surface area contributed by atoms with Gasteiger partial charge in [0.25, 0.3) is 5.91 Å². The minimum absolute atomic E-state index is 0.146. The van der Waals surface area contributed by atoms with Crippen molar-refractivity contribution in [3.8, 4) is 0 Å². The average molecular weight is 337 g/mol. The van der Waals surface area contributed by atoms with Gasteiger partial charge in [-0.25, -0.2) is 4.98 Å². The molecule has 22 heavy (non-hydrogen) atoms. The van der Waals surface area contributed by atoms with E-state index in [4.69, 9.17) is 0 Å². The summed E-state index contributed by atoms with van der Waals surface area (Å²) < 4.78 is 0. The Kier molecular flexibility index (Phi) is 5.31. The fourth-order valence-electron chi connectivity index (χ4n) is 1.78. The van der Waals surface area contributed by atoms with E-state index in [1.54, 1.807) is 13.0 Å². The Morgan fingerprint density at radius 1 is 1.27 bits per heavy atom. The molecule has 0 spiro atoms. The number of hydrogen-bond acceptors (Lipinski definition) is 5. The minimum atomic E-state index is -0.353. The molecule has 0 fully saturated rings. The second-order valence-electron chi connectivity index (χ2n) is 5.18. The molecule has 2 atom stereocenters. The topological polar surface area (TPSA) is 71.1 Å². The molecule has 0 aliphatic carbocycles. The van der Waals surface area contributed by atoms with Crippen molar-refractivity contribution in [2.24, 2.45) is 5.92 Å². The fraction of sp³-hybridized carbons (Fsp3) is 0.400. The molecule has 0 aliphatic heterocycles. The van der Waals surface area contributed by atoms with Gasteiger partial charge in [-0.1, -0.05) is 13.0 Å². The lowest BCUT2D eigenvalue weighted by molar-refractivity contribution is -0.120. The smallest absolute Gasteiger partial charge is 0.261 e. The van der Waals surface area contributed by atoms with Crippen LogP contribution in [-0.4, -0.2) is 22.8 Å². The molecule has 2 amide bonds. The van der Waals surface area contributed by atoms with Crippen LogP contribution in [0, 0.1) is 19.8 Å². The quantitative estimate of drug-likeness (QED) is 0.880. The summed E-state index contributed by atoms with van der Waals surface area (Å²) in [6.45, 7) is 7.50. The third-order valence-electron chi connectivity index (χ3n) is 3.53. The van der Waals surface area contributed by atoms with E-state index < -0.39 is 0 Å². The zero-order valence-corrected chi connectivity index (χ0v) is 14.6. The van der Waals surface area contributed by atoms with Crippen LogP contribution in [-0.2, 0) is 4.79 Å². The molecule has 0 aliphatic rings. The number of amides is 2. The van der Waals surface area contributed by atoms with Gasteiger partial charge in [0.05, 0.1) is 16.5 Å². The predicted molar refractivity (Wildman–Crippen MR) is 90.6 cm³/mol. The first kappa shape index (κ1) is 16.6. The highest BCUT2D eigenvalue weighted by Gasteiger charge is 2.23. The Morgan fingerprint density at radius 2 is 2.00 bits per heavy atom. The van der Waals surface area contributed by atoms with Crippen LogP contribution in [0.3, 0.4) is 0 Å². The van der Waals surface area contributed by atoms with E-state index in [1.807, 2.05) is 32.2 Å². The highest BCUT2D eigenvalue weighted by atomic mass is 32.1. The molecule has 2 aromatic rings. The van der Waals surface area contributed by atoms with Gasteiger partial charge in [-0.15, -0.1) is 22.7 Å². The van der Waals surface area contributed by atoms with Crippen LogP contribution in [0.15, 0.2) is 17.5 Å². The van der Waals surface area contributed by atoms with E-state index in [1.165, 1.54) is 22.7 Å². The molecule has 0 saturated heterocycles. The lowest BCUT2D eigenvalue weighted by atomic mass is 10.0. The number of rotatable bonds is 5. The lowest BCUT2D eigenvalue weighted by Gasteiger charge is -2.19. The number of carbonyl (C=O) groups excluding carboxylic acids is 2. The van der Waals surface area contributed by atoms with Crippen LogP contribution in [0.5, 0.6) is 0 Å². The molecule has 2 rings (SSSR count). The predicted octanol–water partition coefficient (Wildman–Crippen LogP) is 3.21. The van der Waals surface area contributed by atoms with Gasteiger partial charge in [0.2, 0.25) is 5.91 Å². The van der Waals surface area contributed by atoms with Gasteiger partial charge in [0.1, 0.15) is 0 Å². The highest BCUT2D eigenvalue weighted by molar-refractivity contribution is 7.15. The van der Waals surface area contributed by atoms with Gasteiger partial charge in [0.15, 0.2) is 5.13 Å². The molecular formula is C15H19N3O2S2. The first-order chi connectivity index (χ1) is 10.4. The van der Waals surface area contributed by atoms with E-state index in [9.17, 15) is 9.59 Å². The van der Waals surface area contributed by atoms with Gasteiger partial charge in [0, 0.05) is 10.9 Å². The van der Waals surface area contributed by atoms with E-state index in [0.717, 1.165) is 10.6 Å². The van der Waals surface area contributed by atoms with Gasteiger partial charge < -0.3 is 10.6 Å². The minimum Gasteiger partial charge on any atom is -0.348 e. The number of anilines is 1. The Balaban J connectivity index is 1.93. The van der Waals surface area contributed by atoms with Crippen molar-refractivity contribution in [1.82, 2.24) is 10.3 Å². The monoisotopic (exact) mass is 337 g/mol. The summed E-state index contributed by atoms with van der Waals surface area (Å²) >= 11 is 2.83. The number of thiazole rings is 1. The molecule has 0 bridgehead atoms. The number of nitrogens with zero attached hydrogens (tertiary/aromatic N) is 1. The number of nitrogens with one attached hydrogen (secondary N) is 2. The first-order valence-electron chi connectivity index (χ1n) is 6.97. The van der Waals surface area contributed by atoms with Crippen LogP contribution in [0.25, 0.3) is 0 Å². The second kappa shape index (κ2) is 7.02. The van der Waals surface area contributed by atoms with Crippen LogP contribution < -0.4 is 10.6 Å². The summed E-state index contributed by atoms with van der Waals surface area (Å²) in [4.78, 5) is 30.3. The van der Waals surface area contributed by atoms with Crippen molar-refractivity contribution in [1.29, 1.82) is 0 Å². The summed E-state index contributed by atoms with van der Waals surface area (Å²) in [5, 5.41) is 8.12. The molecule has 2 N–H and O–H groups in total. The highest BCUT2D eigenvalue weighted by Crippen LogP contribution is 2.22. The van der Waals surface area contributed by atoms with Crippen molar-refractivity contribution in [3.63, 3.8) is 0 Å². The molecule has 0 unspecified atom stereocenters. The molecule has 7 heteroatoms. The van der Waals surface area contributed by atoms with Crippen LogP contribution in [0.1, 0.15) is 34.1 Å². The van der Waals surface area contributed by atoms with Crippen molar-refractivity contribution in [2.75, 3.05) is 5.32 Å². The zero-order valence-electron chi connectivity index (χ0n) is 13.0. The van der Waals surface area contributed by atoms with Gasteiger partial charge in [-0.2, -0.15) is 0 Å². The molecule has 5 nitrogen and oxygen atoms in total. The number of carbonyl (C=O) groups is 2. The summed E-state index contributed by atoms with van der Waals surface area (Å²) in [6, 6.07) is 3.32. The largest absolute Gasteiger partial charge is 0.348 e. The Morgan fingerprint density at radius 3 is 2.55 bits per heavy atom. The molecule has 2 heterocycles.